The normalized spacial score (nSPS) is 14.0. The van der Waals surface area contributed by atoms with E-state index in [0.717, 1.165) is 51.0 Å². The highest BCUT2D eigenvalue weighted by Crippen LogP contribution is 2.38. The molecule has 0 bridgehead atoms. The number of nitrogens with one attached hydrogen (secondary N) is 2. The second kappa shape index (κ2) is 8.16. The van der Waals surface area contributed by atoms with E-state index in [-0.39, 0.29) is 5.91 Å². The van der Waals surface area contributed by atoms with Crippen molar-refractivity contribution < 1.29 is 10.0 Å². The first-order chi connectivity index (χ1) is 15.2. The lowest BCUT2D eigenvalue weighted by Gasteiger charge is -2.11. The average Bonchev–Trinajstić information content (AvgIpc) is 3.39. The van der Waals surface area contributed by atoms with E-state index in [2.05, 4.69) is 31.8 Å². The third-order valence-corrected chi connectivity index (χ3v) is 6.45. The maximum absolute atomic E-state index is 13.0. The minimum atomic E-state index is -0.150. The fourth-order valence-electron chi connectivity index (χ4n) is 3.80. The summed E-state index contributed by atoms with van der Waals surface area (Å²) in [7, 11) is 0. The monoisotopic (exact) mass is 429 g/mol. The molecule has 3 aromatic heterocycles. The highest BCUT2D eigenvalue weighted by molar-refractivity contribution is 7.21. The Morgan fingerprint density at radius 2 is 2.03 bits per heavy atom. The molecule has 7 nitrogen and oxygen atoms in total. The Hall–Kier alpha value is -3.78. The molecule has 0 unspecified atom stereocenters. The smallest absolute Gasteiger partial charge is 0.263 e. The molecule has 1 aliphatic carbocycles. The molecule has 0 spiro atoms. The van der Waals surface area contributed by atoms with Gasteiger partial charge in [0, 0.05) is 48.0 Å². The number of thiophene rings is 1. The van der Waals surface area contributed by atoms with E-state index < -0.39 is 0 Å². The number of fused-ring (bicyclic) bond motifs is 2. The molecule has 8 heteroatoms. The van der Waals surface area contributed by atoms with Gasteiger partial charge in [0.1, 0.15) is 4.88 Å². The number of hydrogen-bond acceptors (Lipinski definition) is 7. The average molecular weight is 430 g/mol. The number of pyridine rings is 2. The molecule has 1 aromatic carbocycles. The van der Waals surface area contributed by atoms with Crippen LogP contribution in [-0.2, 0) is 13.0 Å². The largest absolute Gasteiger partial charge is 0.411 e. The Morgan fingerprint density at radius 3 is 2.87 bits per heavy atom. The lowest BCUT2D eigenvalue weighted by atomic mass is 10.1. The zero-order valence-electron chi connectivity index (χ0n) is 16.5. The van der Waals surface area contributed by atoms with Crippen LogP contribution < -0.4 is 10.6 Å². The summed E-state index contributed by atoms with van der Waals surface area (Å²) in [6.07, 6.45) is 8.50. The first-order valence-corrected chi connectivity index (χ1v) is 10.7. The molecular formula is C23H19N5O2S. The van der Waals surface area contributed by atoms with Crippen LogP contribution in [0.25, 0.3) is 10.1 Å². The van der Waals surface area contributed by atoms with Crippen molar-refractivity contribution in [3.05, 3.63) is 82.8 Å². The maximum atomic E-state index is 13.0. The van der Waals surface area contributed by atoms with Crippen LogP contribution >= 0.6 is 11.3 Å². The Morgan fingerprint density at radius 1 is 1.13 bits per heavy atom. The quantitative estimate of drug-likeness (QED) is 0.321. The van der Waals surface area contributed by atoms with E-state index in [1.165, 1.54) is 11.3 Å². The summed E-state index contributed by atoms with van der Waals surface area (Å²) in [5.74, 6) is -0.150. The van der Waals surface area contributed by atoms with Crippen LogP contribution in [0.3, 0.4) is 0 Å². The van der Waals surface area contributed by atoms with Gasteiger partial charge in [-0.2, -0.15) is 0 Å². The number of rotatable bonds is 5. The molecule has 1 amide bonds. The third-order valence-electron chi connectivity index (χ3n) is 5.31. The minimum absolute atomic E-state index is 0.150. The van der Waals surface area contributed by atoms with Crippen LogP contribution in [0, 0.1) is 0 Å². The van der Waals surface area contributed by atoms with Crippen LogP contribution in [0.5, 0.6) is 0 Å². The first-order valence-electron chi connectivity index (χ1n) is 9.88. The molecule has 31 heavy (non-hydrogen) atoms. The summed E-state index contributed by atoms with van der Waals surface area (Å²) in [6, 6.07) is 11.6. The molecular weight excluding hydrogens is 410 g/mol. The highest BCUT2D eigenvalue weighted by Gasteiger charge is 2.21. The van der Waals surface area contributed by atoms with Gasteiger partial charge < -0.3 is 15.8 Å². The number of aryl methyl sites for hydroxylation is 1. The summed E-state index contributed by atoms with van der Waals surface area (Å²) in [5, 5.41) is 19.9. The summed E-state index contributed by atoms with van der Waals surface area (Å²) in [5.41, 5.74) is 5.40. The van der Waals surface area contributed by atoms with Gasteiger partial charge in [0.2, 0.25) is 0 Å². The number of amides is 1. The molecule has 0 saturated heterocycles. The number of carbonyl (C=O) groups excluding carboxylic acids is 1. The van der Waals surface area contributed by atoms with Crippen LogP contribution in [0.4, 0.5) is 11.4 Å². The van der Waals surface area contributed by atoms with Crippen molar-refractivity contribution in [3.8, 4) is 0 Å². The van der Waals surface area contributed by atoms with Gasteiger partial charge in [-0.1, -0.05) is 17.3 Å². The Balaban J connectivity index is 1.46. The van der Waals surface area contributed by atoms with Crippen LogP contribution in [0.1, 0.15) is 32.8 Å². The van der Waals surface area contributed by atoms with Gasteiger partial charge in [0.05, 0.1) is 16.1 Å². The van der Waals surface area contributed by atoms with Gasteiger partial charge in [0.15, 0.2) is 0 Å². The number of oxime groups is 1. The number of aromatic nitrogens is 2. The van der Waals surface area contributed by atoms with Gasteiger partial charge in [-0.25, -0.2) is 0 Å². The van der Waals surface area contributed by atoms with Crippen molar-refractivity contribution in [2.75, 3.05) is 5.32 Å². The zero-order chi connectivity index (χ0) is 21.2. The fourth-order valence-corrected chi connectivity index (χ4v) is 4.84. The third kappa shape index (κ3) is 3.73. The van der Waals surface area contributed by atoms with E-state index in [1.807, 2.05) is 30.3 Å². The number of hydrogen-bond donors (Lipinski definition) is 3. The predicted octanol–water partition coefficient (Wildman–Crippen LogP) is 4.49. The standard InChI is InChI=1S/C23H19N5O2S/c29-23(26-12-14-2-1-8-24-11-14)22-21(18-7-9-25-13-20(18)31-22)27-16-4-5-17-15(10-16)3-6-19(17)28-30/h1-2,4-5,7-11,13,27,30H,3,6,12H2,(H,26,29). The van der Waals surface area contributed by atoms with Crippen LogP contribution in [0.15, 0.2) is 66.3 Å². The second-order valence-corrected chi connectivity index (χ2v) is 8.32. The molecule has 1 aliphatic rings. The van der Waals surface area contributed by atoms with E-state index in [1.54, 1.807) is 24.8 Å². The number of nitrogens with zero attached hydrogens (tertiary/aromatic N) is 3. The fraction of sp³-hybridized carbons (Fsp3) is 0.130. The molecule has 4 aromatic rings. The number of benzene rings is 1. The highest BCUT2D eigenvalue weighted by atomic mass is 32.1. The van der Waals surface area contributed by atoms with E-state index in [9.17, 15) is 4.79 Å². The van der Waals surface area contributed by atoms with Gasteiger partial charge in [0.25, 0.3) is 5.91 Å². The SMILES string of the molecule is O=C(NCc1cccnc1)c1sc2cnccc2c1Nc1ccc2c(c1)CCC2=NO. The molecule has 0 fully saturated rings. The van der Waals surface area contributed by atoms with Crippen molar-refractivity contribution in [2.45, 2.75) is 19.4 Å². The summed E-state index contributed by atoms with van der Waals surface area (Å²) in [4.78, 5) is 21.9. The summed E-state index contributed by atoms with van der Waals surface area (Å²) < 4.78 is 0.937. The summed E-state index contributed by atoms with van der Waals surface area (Å²) in [6.45, 7) is 0.403. The van der Waals surface area contributed by atoms with Crippen molar-refractivity contribution in [1.82, 2.24) is 15.3 Å². The van der Waals surface area contributed by atoms with Gasteiger partial charge >= 0.3 is 0 Å². The zero-order valence-corrected chi connectivity index (χ0v) is 17.3. The topological polar surface area (TPSA) is 99.5 Å². The maximum Gasteiger partial charge on any atom is 0.263 e. The lowest BCUT2D eigenvalue weighted by molar-refractivity contribution is 0.0955. The molecule has 3 N–H and O–H groups in total. The van der Waals surface area contributed by atoms with Crippen molar-refractivity contribution in [2.24, 2.45) is 5.16 Å². The molecule has 0 atom stereocenters. The van der Waals surface area contributed by atoms with E-state index in [4.69, 9.17) is 5.21 Å². The van der Waals surface area contributed by atoms with Gasteiger partial charge in [-0.05, 0) is 48.2 Å². The second-order valence-electron chi connectivity index (χ2n) is 7.27. The minimum Gasteiger partial charge on any atom is -0.411 e. The molecule has 154 valence electrons. The lowest BCUT2D eigenvalue weighted by Crippen LogP contribution is -2.22. The van der Waals surface area contributed by atoms with E-state index >= 15 is 0 Å². The Bertz CT molecular complexity index is 1300. The molecule has 0 radical (unpaired) electrons. The van der Waals surface area contributed by atoms with Crippen molar-refractivity contribution in [1.29, 1.82) is 0 Å². The molecule has 3 heterocycles. The van der Waals surface area contributed by atoms with Crippen molar-refractivity contribution in [3.63, 3.8) is 0 Å². The van der Waals surface area contributed by atoms with Crippen LogP contribution in [-0.4, -0.2) is 26.8 Å². The predicted molar refractivity (Wildman–Crippen MR) is 121 cm³/mol. The number of anilines is 2. The first kappa shape index (κ1) is 19.2. The molecule has 5 rings (SSSR count). The Labute approximate surface area is 182 Å². The van der Waals surface area contributed by atoms with E-state index in [0.29, 0.717) is 17.1 Å². The Kier molecular flexibility index (Phi) is 5.05. The molecule has 0 aliphatic heterocycles. The van der Waals surface area contributed by atoms with Gasteiger partial charge in [-0.3, -0.25) is 14.8 Å². The summed E-state index contributed by atoms with van der Waals surface area (Å²) >= 11 is 1.41. The van der Waals surface area contributed by atoms with Crippen LogP contribution in [0.2, 0.25) is 0 Å². The van der Waals surface area contributed by atoms with Crippen molar-refractivity contribution >= 4 is 44.4 Å². The van der Waals surface area contributed by atoms with Gasteiger partial charge in [-0.15, -0.1) is 11.3 Å². The number of carbonyl (C=O) groups is 1. The molecule has 0 saturated carbocycles.